The average Bonchev–Trinajstić information content (AvgIpc) is 3.08. The Morgan fingerprint density at radius 2 is 2.06 bits per heavy atom. The number of aromatic amines is 1. The largest absolute Gasteiger partial charge is 0.274 e. The molecule has 0 atom stereocenters. The van der Waals surface area contributed by atoms with Crippen molar-refractivity contribution in [3.8, 4) is 16.9 Å². The van der Waals surface area contributed by atoms with E-state index < -0.39 is 0 Å². The summed E-state index contributed by atoms with van der Waals surface area (Å²) in [5.41, 5.74) is 2.97. The molecule has 5 nitrogen and oxygen atoms in total. The summed E-state index contributed by atoms with van der Waals surface area (Å²) in [6, 6.07) is 10.1. The maximum Gasteiger partial charge on any atom is 0.144 e. The van der Waals surface area contributed by atoms with Crippen LogP contribution in [0.3, 0.4) is 0 Å². The first-order chi connectivity index (χ1) is 8.90. The van der Waals surface area contributed by atoms with Gasteiger partial charge in [0.1, 0.15) is 23.4 Å². The minimum Gasteiger partial charge on any atom is -0.274 e. The van der Waals surface area contributed by atoms with Gasteiger partial charge in [-0.05, 0) is 6.26 Å². The minimum absolute atomic E-state index is 0.902. The lowest BCUT2D eigenvalue weighted by atomic mass is 10.1. The monoisotopic (exact) mass is 257 g/mol. The van der Waals surface area contributed by atoms with Crippen LogP contribution in [0.1, 0.15) is 0 Å². The lowest BCUT2D eigenvalue weighted by Crippen LogP contribution is -1.96. The van der Waals surface area contributed by atoms with E-state index in [1.54, 1.807) is 22.8 Å². The number of nitrogens with zero attached hydrogens (tertiary/aromatic N) is 4. The zero-order valence-corrected chi connectivity index (χ0v) is 10.6. The summed E-state index contributed by atoms with van der Waals surface area (Å²) in [6.07, 6.45) is 5.19. The van der Waals surface area contributed by atoms with Gasteiger partial charge in [-0.2, -0.15) is 10.2 Å². The highest BCUT2D eigenvalue weighted by molar-refractivity contribution is 7.98. The first-order valence-corrected chi connectivity index (χ1v) is 6.65. The molecule has 0 saturated heterocycles. The Morgan fingerprint density at radius 3 is 2.72 bits per heavy atom. The summed E-state index contributed by atoms with van der Waals surface area (Å²) in [5.74, 6) is 0. The summed E-state index contributed by atoms with van der Waals surface area (Å²) in [4.78, 5) is 3.99. The molecule has 0 saturated carbocycles. The van der Waals surface area contributed by atoms with E-state index >= 15 is 0 Å². The molecule has 0 unspecified atom stereocenters. The normalized spacial score (nSPS) is 10.7. The summed E-state index contributed by atoms with van der Waals surface area (Å²) in [7, 11) is 0. The third kappa shape index (κ3) is 1.80. The Balaban J connectivity index is 2.20. The van der Waals surface area contributed by atoms with E-state index in [-0.39, 0.29) is 0 Å². The van der Waals surface area contributed by atoms with Crippen molar-refractivity contribution in [1.29, 1.82) is 0 Å². The summed E-state index contributed by atoms with van der Waals surface area (Å²) in [6.45, 7) is 0. The molecule has 6 heteroatoms. The third-order valence-corrected chi connectivity index (χ3v) is 3.28. The van der Waals surface area contributed by atoms with Gasteiger partial charge in [-0.25, -0.2) is 9.67 Å². The summed E-state index contributed by atoms with van der Waals surface area (Å²) < 4.78 is 1.73. The highest BCUT2D eigenvalue weighted by atomic mass is 32.2. The molecule has 0 spiro atoms. The molecule has 0 amide bonds. The maximum absolute atomic E-state index is 4.32. The Hall–Kier alpha value is -2.08. The van der Waals surface area contributed by atoms with Crippen molar-refractivity contribution >= 4 is 11.8 Å². The van der Waals surface area contributed by atoms with Crippen molar-refractivity contribution in [1.82, 2.24) is 25.0 Å². The van der Waals surface area contributed by atoms with Crippen LogP contribution in [0.15, 0.2) is 48.0 Å². The molecule has 2 aromatic heterocycles. The van der Waals surface area contributed by atoms with Crippen LogP contribution >= 0.6 is 11.8 Å². The Kier molecular flexibility index (Phi) is 2.85. The van der Waals surface area contributed by atoms with Gasteiger partial charge in [0.05, 0.1) is 5.69 Å². The van der Waals surface area contributed by atoms with Crippen molar-refractivity contribution in [2.75, 3.05) is 6.26 Å². The number of nitrogens with one attached hydrogen (secondary N) is 1. The van der Waals surface area contributed by atoms with Crippen LogP contribution in [0.25, 0.3) is 16.9 Å². The molecule has 0 aliphatic carbocycles. The highest BCUT2D eigenvalue weighted by Crippen LogP contribution is 2.30. The van der Waals surface area contributed by atoms with Crippen LogP contribution in [0.2, 0.25) is 0 Å². The topological polar surface area (TPSA) is 59.4 Å². The molecule has 0 fully saturated rings. The zero-order chi connectivity index (χ0) is 12.4. The van der Waals surface area contributed by atoms with E-state index in [0.717, 1.165) is 22.0 Å². The van der Waals surface area contributed by atoms with Crippen molar-refractivity contribution in [3.63, 3.8) is 0 Å². The number of benzene rings is 1. The fraction of sp³-hybridized carbons (Fsp3) is 0.0833. The Morgan fingerprint density at radius 1 is 1.22 bits per heavy atom. The Bertz CT molecular complexity index is 630. The second-order valence-corrected chi connectivity index (χ2v) is 4.46. The van der Waals surface area contributed by atoms with Gasteiger partial charge in [0, 0.05) is 5.56 Å². The predicted molar refractivity (Wildman–Crippen MR) is 70.7 cm³/mol. The van der Waals surface area contributed by atoms with Gasteiger partial charge >= 0.3 is 0 Å². The van der Waals surface area contributed by atoms with Crippen LogP contribution in [0.5, 0.6) is 0 Å². The van der Waals surface area contributed by atoms with Crippen molar-refractivity contribution in [3.05, 3.63) is 43.0 Å². The second kappa shape index (κ2) is 4.66. The molecule has 0 aliphatic heterocycles. The van der Waals surface area contributed by atoms with Crippen molar-refractivity contribution in [2.24, 2.45) is 0 Å². The number of hydrogen-bond donors (Lipinski definition) is 1. The number of rotatable bonds is 3. The molecule has 1 N–H and O–H groups in total. The van der Waals surface area contributed by atoms with E-state index in [9.17, 15) is 0 Å². The van der Waals surface area contributed by atoms with Gasteiger partial charge in [-0.3, -0.25) is 5.10 Å². The number of aromatic nitrogens is 5. The molecule has 0 bridgehead atoms. The van der Waals surface area contributed by atoms with E-state index in [1.807, 2.05) is 36.6 Å². The standard InChI is InChI=1S/C12H11N5S/c1-18-12-11(17-8-13-7-14-17)10(15-16-12)9-5-3-2-4-6-9/h2-8H,1H3,(H,15,16). The summed E-state index contributed by atoms with van der Waals surface area (Å²) in [5, 5.41) is 12.5. The Labute approximate surface area is 108 Å². The van der Waals surface area contributed by atoms with Gasteiger partial charge in [0.2, 0.25) is 0 Å². The number of hydrogen-bond acceptors (Lipinski definition) is 4. The van der Waals surface area contributed by atoms with Crippen LogP contribution in [-0.4, -0.2) is 31.2 Å². The van der Waals surface area contributed by atoms with Gasteiger partial charge < -0.3 is 0 Å². The number of H-pyrrole nitrogens is 1. The molecule has 18 heavy (non-hydrogen) atoms. The fourth-order valence-electron chi connectivity index (χ4n) is 1.80. The molecule has 2 heterocycles. The minimum atomic E-state index is 0.902. The lowest BCUT2D eigenvalue weighted by molar-refractivity contribution is 0.857. The number of thioether (sulfide) groups is 1. The SMILES string of the molecule is CSc1n[nH]c(-c2ccccc2)c1-n1cncn1. The average molecular weight is 257 g/mol. The molecular weight excluding hydrogens is 246 g/mol. The molecular formula is C12H11N5S. The molecule has 3 rings (SSSR count). The highest BCUT2D eigenvalue weighted by Gasteiger charge is 2.16. The van der Waals surface area contributed by atoms with Gasteiger partial charge in [-0.1, -0.05) is 30.3 Å². The van der Waals surface area contributed by atoms with Crippen LogP contribution in [-0.2, 0) is 0 Å². The molecule has 0 aliphatic rings. The van der Waals surface area contributed by atoms with Crippen molar-refractivity contribution in [2.45, 2.75) is 5.03 Å². The fourth-order valence-corrected chi connectivity index (χ4v) is 2.33. The van der Waals surface area contributed by atoms with Gasteiger partial charge in [0.25, 0.3) is 0 Å². The molecule has 0 radical (unpaired) electrons. The van der Waals surface area contributed by atoms with Crippen molar-refractivity contribution < 1.29 is 0 Å². The first-order valence-electron chi connectivity index (χ1n) is 5.43. The van der Waals surface area contributed by atoms with Crippen LogP contribution < -0.4 is 0 Å². The lowest BCUT2D eigenvalue weighted by Gasteiger charge is -2.04. The second-order valence-electron chi connectivity index (χ2n) is 3.66. The van der Waals surface area contributed by atoms with E-state index in [2.05, 4.69) is 20.3 Å². The van der Waals surface area contributed by atoms with E-state index in [1.165, 1.54) is 6.33 Å². The van der Waals surface area contributed by atoms with Crippen LogP contribution in [0, 0.1) is 0 Å². The molecule has 3 aromatic rings. The smallest absolute Gasteiger partial charge is 0.144 e. The van der Waals surface area contributed by atoms with Crippen LogP contribution in [0.4, 0.5) is 0 Å². The van der Waals surface area contributed by atoms with Gasteiger partial charge in [0.15, 0.2) is 0 Å². The third-order valence-electron chi connectivity index (χ3n) is 2.61. The van der Waals surface area contributed by atoms with E-state index in [4.69, 9.17) is 0 Å². The maximum atomic E-state index is 4.32. The predicted octanol–water partition coefficient (Wildman–Crippen LogP) is 2.38. The van der Waals surface area contributed by atoms with Gasteiger partial charge in [-0.15, -0.1) is 11.8 Å². The molecule has 90 valence electrons. The zero-order valence-electron chi connectivity index (χ0n) is 9.74. The quantitative estimate of drug-likeness (QED) is 0.732. The first kappa shape index (κ1) is 11.0. The molecule has 1 aromatic carbocycles. The van der Waals surface area contributed by atoms with E-state index in [0.29, 0.717) is 0 Å². The summed E-state index contributed by atoms with van der Waals surface area (Å²) >= 11 is 1.58.